The average molecular weight is 397 g/mol. The number of rotatable bonds is 5. The molecule has 7 heteroatoms. The average Bonchev–Trinajstić information content (AvgIpc) is 2.53. The molecule has 0 bridgehead atoms. The van der Waals surface area contributed by atoms with Crippen molar-refractivity contribution < 1.29 is 14.0 Å². The Bertz CT molecular complexity index is 832. The first kappa shape index (κ1) is 20.8. The Labute approximate surface area is 163 Å². The molecule has 0 aliphatic rings. The Morgan fingerprint density at radius 1 is 1.27 bits per heavy atom. The smallest absolute Gasteiger partial charge is 0.223 e. The summed E-state index contributed by atoms with van der Waals surface area (Å²) in [6.45, 7) is 11.3. The normalized spacial score (nSPS) is 14.0. The lowest BCUT2D eigenvalue weighted by molar-refractivity contribution is 0.243. The summed E-state index contributed by atoms with van der Waals surface area (Å²) in [6, 6.07) is 5.49. The largest absolute Gasteiger partial charge is 0.591 e. The first-order chi connectivity index (χ1) is 12.0. The third-order valence-electron chi connectivity index (χ3n) is 3.52. The van der Waals surface area contributed by atoms with Crippen LogP contribution in [0.2, 0.25) is 5.02 Å². The van der Waals surface area contributed by atoms with E-state index in [1.54, 1.807) is 26.2 Å². The molecule has 1 heterocycles. The Kier molecular flexibility index (Phi) is 6.42. The lowest BCUT2D eigenvalue weighted by Crippen LogP contribution is -2.26. The topological polar surface area (TPSA) is 66.8 Å². The highest BCUT2D eigenvalue weighted by Crippen LogP contribution is 2.33. The number of methoxy groups -OCH3 is 1. The fraction of sp³-hybridized carbons (Fsp3) is 0.474. The molecule has 1 aromatic carbocycles. The highest BCUT2D eigenvalue weighted by Gasteiger charge is 2.27. The maximum Gasteiger partial charge on any atom is 0.223 e. The molecule has 1 atom stereocenters. The Balaban J connectivity index is 2.56. The van der Waals surface area contributed by atoms with Crippen LogP contribution in [-0.2, 0) is 11.4 Å². The van der Waals surface area contributed by atoms with Gasteiger partial charge in [0.2, 0.25) is 5.88 Å². The van der Waals surface area contributed by atoms with E-state index in [1.807, 2.05) is 40.7 Å². The minimum atomic E-state index is -1.37. The minimum absolute atomic E-state index is 0.00729. The molecule has 0 saturated carbocycles. The van der Waals surface area contributed by atoms with Crippen LogP contribution in [0.15, 0.2) is 22.6 Å². The monoisotopic (exact) mass is 396 g/mol. The second kappa shape index (κ2) is 8.03. The molecule has 0 spiro atoms. The van der Waals surface area contributed by atoms with E-state index >= 15 is 0 Å². The van der Waals surface area contributed by atoms with E-state index in [-0.39, 0.29) is 6.10 Å². The summed E-state index contributed by atoms with van der Waals surface area (Å²) in [4.78, 5) is 4.55. The SMILES string of the molecule is COc1nc2cc(OC(C)C)c(Cl)cc2cc1/C(C)=N/[S+]([O-])C(C)(C)C. The zero-order valence-corrected chi connectivity index (χ0v) is 17.8. The van der Waals surface area contributed by atoms with Crippen molar-refractivity contribution in [3.05, 3.63) is 28.8 Å². The molecule has 142 valence electrons. The number of fused-ring (bicyclic) bond motifs is 1. The van der Waals surface area contributed by atoms with Gasteiger partial charge in [-0.25, -0.2) is 4.98 Å². The second-order valence-corrected chi connectivity index (χ2v) is 9.54. The fourth-order valence-electron chi connectivity index (χ4n) is 2.23. The quantitative estimate of drug-likeness (QED) is 0.529. The van der Waals surface area contributed by atoms with Gasteiger partial charge in [0.25, 0.3) is 0 Å². The molecule has 26 heavy (non-hydrogen) atoms. The Morgan fingerprint density at radius 3 is 2.46 bits per heavy atom. The van der Waals surface area contributed by atoms with Gasteiger partial charge in [-0.1, -0.05) is 16.0 Å². The molecule has 1 unspecified atom stereocenters. The van der Waals surface area contributed by atoms with Gasteiger partial charge >= 0.3 is 0 Å². The zero-order valence-electron chi connectivity index (χ0n) is 16.2. The second-order valence-electron chi connectivity index (χ2n) is 7.23. The van der Waals surface area contributed by atoms with E-state index in [0.29, 0.717) is 33.4 Å². The highest BCUT2D eigenvalue weighted by molar-refractivity contribution is 7.91. The fourth-order valence-corrected chi connectivity index (χ4v) is 3.06. The van der Waals surface area contributed by atoms with E-state index < -0.39 is 16.1 Å². The lowest BCUT2D eigenvalue weighted by Gasteiger charge is -2.19. The van der Waals surface area contributed by atoms with Crippen molar-refractivity contribution in [3.8, 4) is 11.6 Å². The van der Waals surface area contributed by atoms with Crippen LogP contribution in [-0.4, -0.2) is 33.2 Å². The van der Waals surface area contributed by atoms with Crippen LogP contribution in [0.3, 0.4) is 0 Å². The van der Waals surface area contributed by atoms with E-state index in [9.17, 15) is 4.55 Å². The summed E-state index contributed by atoms with van der Waals surface area (Å²) in [7, 11) is 1.55. The van der Waals surface area contributed by atoms with Crippen LogP contribution in [0.25, 0.3) is 10.9 Å². The van der Waals surface area contributed by atoms with Gasteiger partial charge in [0.05, 0.1) is 29.3 Å². The summed E-state index contributed by atoms with van der Waals surface area (Å²) in [5.74, 6) is 0.998. The van der Waals surface area contributed by atoms with Crippen LogP contribution in [0.4, 0.5) is 0 Å². The van der Waals surface area contributed by atoms with Crippen molar-refractivity contribution in [2.45, 2.75) is 52.4 Å². The number of pyridine rings is 1. The highest BCUT2D eigenvalue weighted by atomic mass is 35.5. The van der Waals surface area contributed by atoms with Crippen LogP contribution >= 0.6 is 11.6 Å². The summed E-state index contributed by atoms with van der Waals surface area (Å²) in [6.07, 6.45) is 0.00729. The zero-order chi connectivity index (χ0) is 19.6. The number of hydrogen-bond acceptors (Lipinski definition) is 5. The van der Waals surface area contributed by atoms with Gasteiger partial charge in [-0.2, -0.15) is 0 Å². The standard InChI is InChI=1S/C19H25ClN2O3S/c1-11(2)25-17-10-16-13(9-15(17)20)8-14(18(21-16)24-7)12(3)22-26(23)19(4,5)6/h8-11H,1-7H3/b22-12+. The van der Waals surface area contributed by atoms with E-state index in [0.717, 1.165) is 5.39 Å². The van der Waals surface area contributed by atoms with Crippen molar-refractivity contribution in [1.29, 1.82) is 0 Å². The van der Waals surface area contributed by atoms with Crippen LogP contribution in [0.5, 0.6) is 11.6 Å². The number of halogens is 1. The maximum absolute atomic E-state index is 12.3. The molecular weight excluding hydrogens is 372 g/mol. The molecule has 1 aromatic heterocycles. The van der Waals surface area contributed by atoms with Crippen LogP contribution in [0, 0.1) is 0 Å². The van der Waals surface area contributed by atoms with Gasteiger partial charge in [-0.05, 0) is 53.7 Å². The van der Waals surface area contributed by atoms with E-state index in [1.165, 1.54) is 0 Å². The van der Waals surface area contributed by atoms with Crippen molar-refractivity contribution in [3.63, 3.8) is 0 Å². The van der Waals surface area contributed by atoms with Crippen LogP contribution in [0.1, 0.15) is 47.1 Å². The van der Waals surface area contributed by atoms with Gasteiger partial charge in [-0.3, -0.25) is 0 Å². The molecule has 0 aliphatic heterocycles. The van der Waals surface area contributed by atoms with Crippen molar-refractivity contribution >= 4 is 39.6 Å². The number of hydrogen-bond donors (Lipinski definition) is 0. The van der Waals surface area contributed by atoms with Gasteiger partial charge in [0.1, 0.15) is 27.6 Å². The molecule has 2 aromatic rings. The number of ether oxygens (including phenoxy) is 2. The molecule has 0 radical (unpaired) electrons. The third kappa shape index (κ3) is 4.81. The predicted molar refractivity (Wildman–Crippen MR) is 109 cm³/mol. The minimum Gasteiger partial charge on any atom is -0.591 e. The molecule has 0 saturated heterocycles. The Hall–Kier alpha value is -1.50. The van der Waals surface area contributed by atoms with Gasteiger partial charge in [-0.15, -0.1) is 0 Å². The summed E-state index contributed by atoms with van der Waals surface area (Å²) in [5.41, 5.74) is 1.99. The van der Waals surface area contributed by atoms with E-state index in [4.69, 9.17) is 21.1 Å². The van der Waals surface area contributed by atoms with Gasteiger partial charge in [0.15, 0.2) is 0 Å². The first-order valence-corrected chi connectivity index (χ1v) is 9.84. The van der Waals surface area contributed by atoms with Crippen LogP contribution < -0.4 is 9.47 Å². The predicted octanol–water partition coefficient (Wildman–Crippen LogP) is 4.96. The van der Waals surface area contributed by atoms with Gasteiger partial charge < -0.3 is 14.0 Å². The van der Waals surface area contributed by atoms with Crippen molar-refractivity contribution in [2.24, 2.45) is 4.40 Å². The maximum atomic E-state index is 12.3. The summed E-state index contributed by atoms with van der Waals surface area (Å²) in [5, 5.41) is 1.34. The number of aromatic nitrogens is 1. The molecule has 0 aliphatic carbocycles. The molecule has 0 fully saturated rings. The third-order valence-corrected chi connectivity index (χ3v) is 5.31. The molecule has 0 N–H and O–H groups in total. The van der Waals surface area contributed by atoms with Crippen molar-refractivity contribution in [1.82, 2.24) is 4.98 Å². The Morgan fingerprint density at radius 2 is 1.92 bits per heavy atom. The summed E-state index contributed by atoms with van der Waals surface area (Å²) < 4.78 is 27.4. The first-order valence-electron chi connectivity index (χ1n) is 8.35. The number of nitrogens with zero attached hydrogens (tertiary/aromatic N) is 2. The lowest BCUT2D eigenvalue weighted by atomic mass is 10.1. The summed E-state index contributed by atoms with van der Waals surface area (Å²) >= 11 is 4.97. The molecule has 5 nitrogen and oxygen atoms in total. The number of benzene rings is 1. The van der Waals surface area contributed by atoms with E-state index in [2.05, 4.69) is 9.38 Å². The molecule has 2 rings (SSSR count). The van der Waals surface area contributed by atoms with Crippen molar-refractivity contribution in [2.75, 3.05) is 7.11 Å². The molecular formula is C19H25ClN2O3S. The van der Waals surface area contributed by atoms with Gasteiger partial charge in [0, 0.05) is 11.5 Å². The molecule has 0 amide bonds.